The predicted molar refractivity (Wildman–Crippen MR) is 101 cm³/mol. The zero-order valence-electron chi connectivity index (χ0n) is 14.5. The highest BCUT2D eigenvalue weighted by Crippen LogP contribution is 2.26. The number of aromatic nitrogens is 3. The van der Waals surface area contributed by atoms with Gasteiger partial charge in [0.1, 0.15) is 11.4 Å². The van der Waals surface area contributed by atoms with Crippen LogP contribution in [0.15, 0.2) is 54.7 Å². The molecule has 0 spiro atoms. The highest BCUT2D eigenvalue weighted by molar-refractivity contribution is 5.93. The number of nitrogens with zero attached hydrogens (tertiary/aromatic N) is 3. The lowest BCUT2D eigenvalue weighted by molar-refractivity contribution is 0.0949. The third-order valence-electron chi connectivity index (χ3n) is 4.62. The first-order chi connectivity index (χ1) is 12.8. The number of hydrogen-bond acceptors (Lipinski definition) is 4. The zero-order valence-corrected chi connectivity index (χ0v) is 14.5. The van der Waals surface area contributed by atoms with Crippen LogP contribution in [-0.2, 0) is 6.42 Å². The number of pyridine rings is 1. The van der Waals surface area contributed by atoms with Crippen molar-refractivity contribution in [3.63, 3.8) is 0 Å². The number of benzene rings is 1. The van der Waals surface area contributed by atoms with E-state index in [2.05, 4.69) is 49.7 Å². The van der Waals surface area contributed by atoms with Gasteiger partial charge in [0.2, 0.25) is 0 Å². The Kier molecular flexibility index (Phi) is 4.64. The van der Waals surface area contributed by atoms with Crippen LogP contribution in [-0.4, -0.2) is 40.7 Å². The Morgan fingerprint density at radius 3 is 2.92 bits per heavy atom. The highest BCUT2D eigenvalue weighted by Gasteiger charge is 2.16. The van der Waals surface area contributed by atoms with Crippen LogP contribution in [0.4, 0.5) is 5.69 Å². The van der Waals surface area contributed by atoms with Crippen molar-refractivity contribution in [1.29, 1.82) is 0 Å². The number of rotatable bonds is 5. The molecule has 3 heterocycles. The third kappa shape index (κ3) is 3.44. The smallest absolute Gasteiger partial charge is 0.269 e. The number of amides is 1. The van der Waals surface area contributed by atoms with Crippen LogP contribution in [0, 0.1) is 0 Å². The molecule has 0 saturated carbocycles. The van der Waals surface area contributed by atoms with Crippen molar-refractivity contribution >= 4 is 11.6 Å². The summed E-state index contributed by atoms with van der Waals surface area (Å²) in [5.74, 6) is -0.148. The molecule has 6 nitrogen and oxygen atoms in total. The molecule has 0 bridgehead atoms. The summed E-state index contributed by atoms with van der Waals surface area (Å²) >= 11 is 0. The van der Waals surface area contributed by atoms with Gasteiger partial charge < -0.3 is 10.2 Å². The molecule has 2 N–H and O–H groups in total. The average molecular weight is 347 g/mol. The number of carbonyl (C=O) groups is 1. The summed E-state index contributed by atoms with van der Waals surface area (Å²) < 4.78 is 0. The van der Waals surface area contributed by atoms with E-state index >= 15 is 0 Å². The van der Waals surface area contributed by atoms with E-state index in [1.165, 1.54) is 11.3 Å². The van der Waals surface area contributed by atoms with Gasteiger partial charge in [-0.1, -0.05) is 24.3 Å². The first-order valence-corrected chi connectivity index (χ1v) is 8.89. The number of fused-ring (bicyclic) bond motifs is 1. The average Bonchev–Trinajstić information content (AvgIpc) is 3.19. The fraction of sp³-hybridized carbons (Fsp3) is 0.250. The predicted octanol–water partition coefficient (Wildman–Crippen LogP) is 2.65. The lowest BCUT2D eigenvalue weighted by Gasteiger charge is -2.31. The second-order valence-electron chi connectivity index (χ2n) is 6.36. The van der Waals surface area contributed by atoms with Gasteiger partial charge in [0.15, 0.2) is 0 Å². The number of para-hydroxylation sites is 1. The lowest BCUT2D eigenvalue weighted by Crippen LogP contribution is -2.37. The number of carbonyl (C=O) groups excluding carboxylic acids is 1. The first-order valence-electron chi connectivity index (χ1n) is 8.89. The molecule has 1 amide bonds. The summed E-state index contributed by atoms with van der Waals surface area (Å²) in [5, 5.41) is 9.94. The van der Waals surface area contributed by atoms with E-state index in [1.54, 1.807) is 12.3 Å². The molecular formula is C20H21N5O. The lowest BCUT2D eigenvalue weighted by atomic mass is 10.0. The topological polar surface area (TPSA) is 73.9 Å². The minimum Gasteiger partial charge on any atom is -0.370 e. The molecule has 0 atom stereocenters. The Labute approximate surface area is 152 Å². The van der Waals surface area contributed by atoms with Crippen molar-refractivity contribution in [3.05, 3.63) is 66.0 Å². The number of anilines is 1. The van der Waals surface area contributed by atoms with Crippen LogP contribution in [0.1, 0.15) is 22.5 Å². The number of aryl methyl sites for hydroxylation is 1. The molecule has 0 fully saturated rings. The van der Waals surface area contributed by atoms with Crippen molar-refractivity contribution < 1.29 is 4.79 Å². The molecule has 132 valence electrons. The van der Waals surface area contributed by atoms with E-state index in [1.807, 2.05) is 18.2 Å². The summed E-state index contributed by atoms with van der Waals surface area (Å²) in [6.07, 6.45) is 3.99. The standard InChI is InChI=1S/C20H21N5O/c26-20(18-14-17(23-24-18)16-8-3-4-10-21-16)22-11-13-25-12-5-7-15-6-1-2-9-19(15)25/h1-4,6,8-10,14H,5,7,11-13H2,(H,22,26)(H,23,24). The molecule has 1 aliphatic rings. The molecule has 2 aromatic heterocycles. The number of aromatic amines is 1. The monoisotopic (exact) mass is 347 g/mol. The normalized spacial score (nSPS) is 13.3. The molecule has 0 unspecified atom stereocenters. The maximum absolute atomic E-state index is 12.4. The van der Waals surface area contributed by atoms with Crippen LogP contribution >= 0.6 is 0 Å². The molecule has 0 aliphatic carbocycles. The van der Waals surface area contributed by atoms with E-state index in [9.17, 15) is 4.79 Å². The van der Waals surface area contributed by atoms with Crippen LogP contribution in [0.3, 0.4) is 0 Å². The summed E-state index contributed by atoms with van der Waals surface area (Å²) in [4.78, 5) is 18.9. The quantitative estimate of drug-likeness (QED) is 0.744. The molecular weight excluding hydrogens is 326 g/mol. The molecule has 0 saturated heterocycles. The maximum atomic E-state index is 12.4. The van der Waals surface area contributed by atoms with E-state index in [0.717, 1.165) is 31.6 Å². The molecule has 1 aromatic carbocycles. The Morgan fingerprint density at radius 2 is 2.04 bits per heavy atom. The van der Waals surface area contributed by atoms with Gasteiger partial charge in [0, 0.05) is 31.5 Å². The highest BCUT2D eigenvalue weighted by atomic mass is 16.1. The van der Waals surface area contributed by atoms with Gasteiger partial charge >= 0.3 is 0 Å². The Hall–Kier alpha value is -3.15. The van der Waals surface area contributed by atoms with E-state index in [4.69, 9.17) is 0 Å². The van der Waals surface area contributed by atoms with Gasteiger partial charge in [0.05, 0.1) is 5.69 Å². The van der Waals surface area contributed by atoms with E-state index in [0.29, 0.717) is 17.9 Å². The molecule has 3 aromatic rings. The Bertz CT molecular complexity index is 890. The van der Waals surface area contributed by atoms with Crippen molar-refractivity contribution in [3.8, 4) is 11.4 Å². The summed E-state index contributed by atoms with van der Waals surface area (Å²) in [6, 6.07) is 15.8. The number of nitrogens with one attached hydrogen (secondary N) is 2. The van der Waals surface area contributed by atoms with Gasteiger partial charge in [-0.2, -0.15) is 5.10 Å². The molecule has 6 heteroatoms. The molecule has 26 heavy (non-hydrogen) atoms. The second kappa shape index (κ2) is 7.39. The summed E-state index contributed by atoms with van der Waals surface area (Å²) in [6.45, 7) is 2.41. The van der Waals surface area contributed by atoms with E-state index < -0.39 is 0 Å². The summed E-state index contributed by atoms with van der Waals surface area (Å²) in [7, 11) is 0. The minimum absolute atomic E-state index is 0.148. The van der Waals surface area contributed by atoms with E-state index in [-0.39, 0.29) is 5.91 Å². The van der Waals surface area contributed by atoms with Crippen LogP contribution in [0.2, 0.25) is 0 Å². The third-order valence-corrected chi connectivity index (χ3v) is 4.62. The van der Waals surface area contributed by atoms with Gasteiger partial charge in [-0.25, -0.2) is 0 Å². The number of hydrogen-bond donors (Lipinski definition) is 2. The molecule has 0 radical (unpaired) electrons. The fourth-order valence-electron chi connectivity index (χ4n) is 3.33. The first kappa shape index (κ1) is 16.3. The fourth-order valence-corrected chi connectivity index (χ4v) is 3.33. The molecule has 1 aliphatic heterocycles. The number of H-pyrrole nitrogens is 1. The van der Waals surface area contributed by atoms with Gasteiger partial charge in [-0.3, -0.25) is 14.9 Å². The van der Waals surface area contributed by atoms with Gasteiger partial charge in [-0.15, -0.1) is 0 Å². The minimum atomic E-state index is -0.148. The van der Waals surface area contributed by atoms with Crippen LogP contribution in [0.5, 0.6) is 0 Å². The SMILES string of the molecule is O=C(NCCN1CCCc2ccccc21)c1cc(-c2ccccn2)n[nH]1. The van der Waals surface area contributed by atoms with Gasteiger partial charge in [-0.05, 0) is 42.7 Å². The van der Waals surface area contributed by atoms with Crippen LogP contribution < -0.4 is 10.2 Å². The molecule has 4 rings (SSSR count). The van der Waals surface area contributed by atoms with Gasteiger partial charge in [0.25, 0.3) is 5.91 Å². The van der Waals surface area contributed by atoms with Crippen molar-refractivity contribution in [2.45, 2.75) is 12.8 Å². The second-order valence-corrected chi connectivity index (χ2v) is 6.36. The van der Waals surface area contributed by atoms with Crippen molar-refractivity contribution in [2.24, 2.45) is 0 Å². The maximum Gasteiger partial charge on any atom is 0.269 e. The Balaban J connectivity index is 1.35. The van der Waals surface area contributed by atoms with Crippen molar-refractivity contribution in [2.75, 3.05) is 24.5 Å². The Morgan fingerprint density at radius 1 is 1.15 bits per heavy atom. The van der Waals surface area contributed by atoms with Crippen molar-refractivity contribution in [1.82, 2.24) is 20.5 Å². The largest absolute Gasteiger partial charge is 0.370 e. The van der Waals surface area contributed by atoms with Crippen LogP contribution in [0.25, 0.3) is 11.4 Å². The summed E-state index contributed by atoms with van der Waals surface area (Å²) in [5.41, 5.74) is 4.53. The zero-order chi connectivity index (χ0) is 17.8.